The number of hydrogen-bond donors (Lipinski definition) is 2. The van der Waals surface area contributed by atoms with E-state index in [1.165, 1.54) is 0 Å². The summed E-state index contributed by atoms with van der Waals surface area (Å²) in [4.78, 5) is 14.6. The molecule has 1 aromatic rings. The van der Waals surface area contributed by atoms with Gasteiger partial charge in [-0.15, -0.1) is 0 Å². The van der Waals surface area contributed by atoms with Crippen LogP contribution in [0.3, 0.4) is 0 Å². The first-order valence-electron chi connectivity index (χ1n) is 7.36. The van der Waals surface area contributed by atoms with Crippen molar-refractivity contribution >= 4 is 11.6 Å². The monoisotopic (exact) mass is 274 g/mol. The maximum absolute atomic E-state index is 12.7. The maximum atomic E-state index is 12.7. The minimum atomic E-state index is -0.223. The first-order valence-corrected chi connectivity index (χ1v) is 7.36. The predicted octanol–water partition coefficient (Wildman–Crippen LogP) is 1.88. The SMILES string of the molecule is CNc1ccc(C)cc1C(=O)N1CC2CCC(O)C2C1. The molecule has 1 amide bonds. The summed E-state index contributed by atoms with van der Waals surface area (Å²) in [6.45, 7) is 3.48. The number of benzene rings is 1. The van der Waals surface area contributed by atoms with Crippen molar-refractivity contribution in [3.8, 4) is 0 Å². The zero-order valence-electron chi connectivity index (χ0n) is 12.1. The summed E-state index contributed by atoms with van der Waals surface area (Å²) in [5.74, 6) is 0.846. The number of carbonyl (C=O) groups excluding carboxylic acids is 1. The van der Waals surface area contributed by atoms with E-state index in [-0.39, 0.29) is 17.9 Å². The Labute approximate surface area is 119 Å². The van der Waals surface area contributed by atoms with Crippen LogP contribution in [-0.4, -0.2) is 42.2 Å². The molecule has 2 N–H and O–H groups in total. The summed E-state index contributed by atoms with van der Waals surface area (Å²) in [5.41, 5.74) is 2.70. The van der Waals surface area contributed by atoms with Crippen molar-refractivity contribution in [2.75, 3.05) is 25.5 Å². The van der Waals surface area contributed by atoms with E-state index in [4.69, 9.17) is 0 Å². The molecule has 0 radical (unpaired) electrons. The maximum Gasteiger partial charge on any atom is 0.255 e. The Morgan fingerprint density at radius 1 is 1.35 bits per heavy atom. The molecule has 108 valence electrons. The molecular weight excluding hydrogens is 252 g/mol. The van der Waals surface area contributed by atoms with E-state index in [2.05, 4.69) is 5.32 Å². The Balaban J connectivity index is 1.82. The van der Waals surface area contributed by atoms with E-state index in [1.54, 1.807) is 0 Å². The van der Waals surface area contributed by atoms with Crippen LogP contribution < -0.4 is 5.32 Å². The Bertz CT molecular complexity index is 529. The number of aryl methyl sites for hydroxylation is 1. The first-order chi connectivity index (χ1) is 9.60. The van der Waals surface area contributed by atoms with Crippen molar-refractivity contribution in [2.24, 2.45) is 11.8 Å². The Morgan fingerprint density at radius 2 is 2.15 bits per heavy atom. The Kier molecular flexibility index (Phi) is 3.42. The quantitative estimate of drug-likeness (QED) is 0.866. The van der Waals surface area contributed by atoms with Gasteiger partial charge in [-0.25, -0.2) is 0 Å². The Hall–Kier alpha value is -1.55. The average molecular weight is 274 g/mol. The fourth-order valence-electron chi connectivity index (χ4n) is 3.63. The molecule has 1 aromatic carbocycles. The van der Waals surface area contributed by atoms with Crippen molar-refractivity contribution in [3.63, 3.8) is 0 Å². The topological polar surface area (TPSA) is 52.6 Å². The molecule has 20 heavy (non-hydrogen) atoms. The zero-order chi connectivity index (χ0) is 14.3. The number of nitrogens with one attached hydrogen (secondary N) is 1. The minimum absolute atomic E-state index is 0.0830. The number of anilines is 1. The molecule has 2 aliphatic rings. The summed E-state index contributed by atoms with van der Waals surface area (Å²) in [5, 5.41) is 13.1. The lowest BCUT2D eigenvalue weighted by Gasteiger charge is -2.20. The molecule has 1 aliphatic carbocycles. The molecule has 1 aliphatic heterocycles. The number of likely N-dealkylation sites (tertiary alicyclic amines) is 1. The molecule has 1 heterocycles. The van der Waals surface area contributed by atoms with E-state index >= 15 is 0 Å². The summed E-state index contributed by atoms with van der Waals surface area (Å²) in [6, 6.07) is 5.90. The minimum Gasteiger partial charge on any atom is -0.393 e. The van der Waals surface area contributed by atoms with Crippen LogP contribution in [0.15, 0.2) is 18.2 Å². The van der Waals surface area contributed by atoms with Gasteiger partial charge in [0.15, 0.2) is 0 Å². The number of carbonyl (C=O) groups is 1. The normalized spacial score (nSPS) is 28.6. The van der Waals surface area contributed by atoms with E-state index in [0.29, 0.717) is 12.5 Å². The number of hydrogen-bond acceptors (Lipinski definition) is 3. The molecule has 4 nitrogen and oxygen atoms in total. The van der Waals surface area contributed by atoms with Crippen LogP contribution in [0.5, 0.6) is 0 Å². The van der Waals surface area contributed by atoms with Crippen molar-refractivity contribution in [1.82, 2.24) is 4.90 Å². The summed E-state index contributed by atoms with van der Waals surface area (Å²) >= 11 is 0. The third-order valence-corrected chi connectivity index (χ3v) is 4.78. The standard InChI is InChI=1S/C16H22N2O2/c1-10-3-5-14(17-2)12(7-10)16(20)18-8-11-4-6-15(19)13(11)9-18/h3,5,7,11,13,15,17,19H,4,6,8-9H2,1-2H3. The smallest absolute Gasteiger partial charge is 0.255 e. The number of fused-ring (bicyclic) bond motifs is 1. The van der Waals surface area contributed by atoms with Gasteiger partial charge < -0.3 is 15.3 Å². The molecule has 2 fully saturated rings. The van der Waals surface area contributed by atoms with E-state index in [0.717, 1.165) is 36.2 Å². The molecule has 4 heteroatoms. The van der Waals surface area contributed by atoms with Crippen LogP contribution in [0.25, 0.3) is 0 Å². The van der Waals surface area contributed by atoms with Gasteiger partial charge >= 0.3 is 0 Å². The third kappa shape index (κ3) is 2.18. The summed E-state index contributed by atoms with van der Waals surface area (Å²) in [7, 11) is 1.84. The number of nitrogens with zero attached hydrogens (tertiary/aromatic N) is 1. The van der Waals surface area contributed by atoms with Gasteiger partial charge in [-0.05, 0) is 37.8 Å². The van der Waals surface area contributed by atoms with Crippen molar-refractivity contribution in [1.29, 1.82) is 0 Å². The fraction of sp³-hybridized carbons (Fsp3) is 0.562. The summed E-state index contributed by atoms with van der Waals surface area (Å²) < 4.78 is 0. The average Bonchev–Trinajstić information content (AvgIpc) is 3.00. The molecule has 1 saturated carbocycles. The second kappa shape index (κ2) is 5.09. The lowest BCUT2D eigenvalue weighted by atomic mass is 10.00. The van der Waals surface area contributed by atoms with E-state index < -0.39 is 0 Å². The molecule has 3 atom stereocenters. The summed E-state index contributed by atoms with van der Waals surface area (Å²) in [6.07, 6.45) is 1.71. The highest BCUT2D eigenvalue weighted by Gasteiger charge is 2.43. The first kappa shape index (κ1) is 13.4. The lowest BCUT2D eigenvalue weighted by Crippen LogP contribution is -2.31. The predicted molar refractivity (Wildman–Crippen MR) is 78.9 cm³/mol. The van der Waals surface area contributed by atoms with Gasteiger partial charge in [0, 0.05) is 31.7 Å². The van der Waals surface area contributed by atoms with Crippen LogP contribution in [0.1, 0.15) is 28.8 Å². The van der Waals surface area contributed by atoms with Gasteiger partial charge in [0.2, 0.25) is 0 Å². The van der Waals surface area contributed by atoms with Gasteiger partial charge in [-0.2, -0.15) is 0 Å². The highest BCUT2D eigenvalue weighted by Crippen LogP contribution is 2.38. The highest BCUT2D eigenvalue weighted by atomic mass is 16.3. The number of aliphatic hydroxyl groups excluding tert-OH is 1. The van der Waals surface area contributed by atoms with Crippen LogP contribution in [0.2, 0.25) is 0 Å². The molecule has 3 unspecified atom stereocenters. The van der Waals surface area contributed by atoms with Crippen LogP contribution in [0.4, 0.5) is 5.69 Å². The molecule has 0 spiro atoms. The molecule has 0 bridgehead atoms. The molecule has 0 aromatic heterocycles. The van der Waals surface area contributed by atoms with Crippen LogP contribution >= 0.6 is 0 Å². The van der Waals surface area contributed by atoms with Gasteiger partial charge in [-0.1, -0.05) is 11.6 Å². The van der Waals surface area contributed by atoms with Gasteiger partial charge in [0.25, 0.3) is 5.91 Å². The lowest BCUT2D eigenvalue weighted by molar-refractivity contribution is 0.0753. The van der Waals surface area contributed by atoms with Crippen molar-refractivity contribution in [3.05, 3.63) is 29.3 Å². The molecular formula is C16H22N2O2. The molecule has 1 saturated heterocycles. The van der Waals surface area contributed by atoms with Gasteiger partial charge in [-0.3, -0.25) is 4.79 Å². The van der Waals surface area contributed by atoms with Crippen molar-refractivity contribution in [2.45, 2.75) is 25.9 Å². The largest absolute Gasteiger partial charge is 0.393 e. The van der Waals surface area contributed by atoms with Gasteiger partial charge in [0.1, 0.15) is 0 Å². The van der Waals surface area contributed by atoms with Crippen molar-refractivity contribution < 1.29 is 9.90 Å². The second-order valence-electron chi connectivity index (χ2n) is 6.08. The number of rotatable bonds is 2. The van der Waals surface area contributed by atoms with Gasteiger partial charge in [0.05, 0.1) is 11.7 Å². The Morgan fingerprint density at radius 3 is 2.85 bits per heavy atom. The van der Waals surface area contributed by atoms with Crippen LogP contribution in [-0.2, 0) is 0 Å². The highest BCUT2D eigenvalue weighted by molar-refractivity contribution is 6.00. The van der Waals surface area contributed by atoms with Crippen LogP contribution in [0, 0.1) is 18.8 Å². The van der Waals surface area contributed by atoms with E-state index in [1.807, 2.05) is 37.1 Å². The number of amides is 1. The third-order valence-electron chi connectivity index (χ3n) is 4.78. The van der Waals surface area contributed by atoms with E-state index in [9.17, 15) is 9.90 Å². The molecule has 3 rings (SSSR count). The number of aliphatic hydroxyl groups is 1. The second-order valence-corrected chi connectivity index (χ2v) is 6.08. The fourth-order valence-corrected chi connectivity index (χ4v) is 3.63. The zero-order valence-corrected chi connectivity index (χ0v) is 12.1.